The van der Waals surface area contributed by atoms with Gasteiger partial charge in [-0.25, -0.2) is 0 Å². The van der Waals surface area contributed by atoms with Crippen LogP contribution in [0.1, 0.15) is 6.42 Å². The number of fused-ring (bicyclic) bond motifs is 1. The highest BCUT2D eigenvalue weighted by Gasteiger charge is 2.23. The van der Waals surface area contributed by atoms with Crippen LogP contribution in [0.25, 0.3) is 10.9 Å². The lowest BCUT2D eigenvalue weighted by Gasteiger charge is -2.09. The number of hydrogen-bond acceptors (Lipinski definition) is 2. The Bertz CT molecular complexity index is 584. The second-order valence-electron chi connectivity index (χ2n) is 4.65. The van der Waals surface area contributed by atoms with E-state index in [2.05, 4.69) is 0 Å². The van der Waals surface area contributed by atoms with Gasteiger partial charge in [-0.05, 0) is 18.6 Å². The molecule has 0 N–H and O–H groups in total. The zero-order valence-electron chi connectivity index (χ0n) is 9.93. The lowest BCUT2D eigenvalue weighted by atomic mass is 10.0. The minimum absolute atomic E-state index is 0.0462. The highest BCUT2D eigenvalue weighted by molar-refractivity contribution is 6.35. The lowest BCUT2D eigenvalue weighted by molar-refractivity contribution is -0.123. The molecule has 0 bridgehead atoms. The fourth-order valence-corrected chi connectivity index (χ4v) is 2.72. The van der Waals surface area contributed by atoms with Crippen molar-refractivity contribution in [2.45, 2.75) is 13.0 Å². The second-order valence-corrected chi connectivity index (χ2v) is 5.06. The smallest absolute Gasteiger partial charge is 0.157 e. The fraction of sp³-hybridized carbons (Fsp3) is 0.357. The number of ketones is 1. The molecule has 1 aliphatic heterocycles. The number of Topliss-reactive ketones (excluding diaryl/α,β-unsaturated/α-hetero) is 1. The average Bonchev–Trinajstić information content (AvgIpc) is 2.99. The van der Waals surface area contributed by atoms with Crippen LogP contribution >= 0.6 is 11.6 Å². The number of carbonyl (C=O) groups excluding carboxylic acids is 1. The molecule has 0 saturated carbocycles. The van der Waals surface area contributed by atoms with Gasteiger partial charge in [0.2, 0.25) is 0 Å². The summed E-state index contributed by atoms with van der Waals surface area (Å²) in [5.41, 5.74) is 0.937. The topological polar surface area (TPSA) is 31.2 Å². The quantitative estimate of drug-likeness (QED) is 0.853. The van der Waals surface area contributed by atoms with Crippen molar-refractivity contribution in [3.05, 3.63) is 35.5 Å². The SMILES string of the molecule is O=C(Cn1ccc2cccc(Cl)c21)C1CCOC1. The van der Waals surface area contributed by atoms with Gasteiger partial charge >= 0.3 is 0 Å². The van der Waals surface area contributed by atoms with Crippen molar-refractivity contribution >= 4 is 28.3 Å². The summed E-state index contributed by atoms with van der Waals surface area (Å²) in [4.78, 5) is 12.1. The molecule has 0 aliphatic carbocycles. The first-order valence-corrected chi connectivity index (χ1v) is 6.47. The third-order valence-corrected chi connectivity index (χ3v) is 3.76. The minimum Gasteiger partial charge on any atom is -0.381 e. The van der Waals surface area contributed by atoms with Crippen LogP contribution in [-0.2, 0) is 16.1 Å². The third kappa shape index (κ3) is 2.04. The third-order valence-electron chi connectivity index (χ3n) is 3.45. The standard InChI is InChI=1S/C14H14ClNO2/c15-12-3-1-2-10-4-6-16(14(10)12)8-13(17)11-5-7-18-9-11/h1-4,6,11H,5,7-9H2. The Balaban J connectivity index is 1.88. The van der Waals surface area contributed by atoms with E-state index in [1.807, 2.05) is 35.0 Å². The van der Waals surface area contributed by atoms with Crippen molar-refractivity contribution in [3.63, 3.8) is 0 Å². The molecule has 1 aromatic carbocycles. The maximum atomic E-state index is 12.1. The van der Waals surface area contributed by atoms with Crippen LogP contribution in [0.3, 0.4) is 0 Å². The van der Waals surface area contributed by atoms with Gasteiger partial charge in [-0.1, -0.05) is 23.7 Å². The number of para-hydroxylation sites is 1. The van der Waals surface area contributed by atoms with Crippen molar-refractivity contribution in [2.75, 3.05) is 13.2 Å². The number of carbonyl (C=O) groups is 1. The predicted molar refractivity (Wildman–Crippen MR) is 70.9 cm³/mol. The van der Waals surface area contributed by atoms with E-state index in [1.54, 1.807) is 0 Å². The molecule has 0 spiro atoms. The van der Waals surface area contributed by atoms with Gasteiger partial charge in [0.15, 0.2) is 5.78 Å². The second kappa shape index (κ2) is 4.75. The van der Waals surface area contributed by atoms with Gasteiger partial charge < -0.3 is 9.30 Å². The van der Waals surface area contributed by atoms with E-state index < -0.39 is 0 Å². The molecule has 1 aromatic heterocycles. The summed E-state index contributed by atoms with van der Waals surface area (Å²) in [7, 11) is 0. The molecule has 1 aliphatic rings. The first-order valence-electron chi connectivity index (χ1n) is 6.09. The first kappa shape index (κ1) is 11.8. The van der Waals surface area contributed by atoms with Crippen molar-refractivity contribution < 1.29 is 9.53 Å². The largest absolute Gasteiger partial charge is 0.381 e. The Hall–Kier alpha value is -1.32. The Morgan fingerprint density at radius 2 is 2.33 bits per heavy atom. The number of halogens is 1. The van der Waals surface area contributed by atoms with Crippen LogP contribution in [0.15, 0.2) is 30.5 Å². The highest BCUT2D eigenvalue weighted by atomic mass is 35.5. The molecule has 2 aromatic rings. The Kier molecular flexibility index (Phi) is 3.10. The maximum absolute atomic E-state index is 12.1. The molecule has 4 heteroatoms. The first-order chi connectivity index (χ1) is 8.75. The monoisotopic (exact) mass is 263 g/mol. The highest BCUT2D eigenvalue weighted by Crippen LogP contribution is 2.25. The molecular weight excluding hydrogens is 250 g/mol. The van der Waals surface area contributed by atoms with Crippen molar-refractivity contribution in [1.29, 1.82) is 0 Å². The summed E-state index contributed by atoms with van der Waals surface area (Å²) in [5, 5.41) is 1.76. The van der Waals surface area contributed by atoms with Crippen molar-refractivity contribution in [1.82, 2.24) is 4.57 Å². The molecule has 2 heterocycles. The zero-order chi connectivity index (χ0) is 12.5. The summed E-state index contributed by atoms with van der Waals surface area (Å²) in [6.07, 6.45) is 2.76. The molecular formula is C14H14ClNO2. The Morgan fingerprint density at radius 1 is 1.44 bits per heavy atom. The zero-order valence-corrected chi connectivity index (χ0v) is 10.7. The van der Waals surface area contributed by atoms with E-state index in [4.69, 9.17) is 16.3 Å². The van der Waals surface area contributed by atoms with Gasteiger partial charge in [0.25, 0.3) is 0 Å². The van der Waals surface area contributed by atoms with Gasteiger partial charge in [-0.3, -0.25) is 4.79 Å². The predicted octanol–water partition coefficient (Wildman–Crippen LogP) is 2.90. The molecule has 0 radical (unpaired) electrons. The van der Waals surface area contributed by atoms with E-state index in [-0.39, 0.29) is 11.7 Å². The van der Waals surface area contributed by atoms with E-state index in [0.717, 1.165) is 17.3 Å². The molecule has 3 rings (SSSR count). The molecule has 1 atom stereocenters. The summed E-state index contributed by atoms with van der Waals surface area (Å²) in [6.45, 7) is 1.64. The van der Waals surface area contributed by atoms with Gasteiger partial charge in [-0.2, -0.15) is 0 Å². The number of rotatable bonds is 3. The van der Waals surface area contributed by atoms with Crippen LogP contribution in [-0.4, -0.2) is 23.6 Å². The van der Waals surface area contributed by atoms with Gasteiger partial charge in [0.1, 0.15) is 0 Å². The van der Waals surface area contributed by atoms with Gasteiger partial charge in [0.05, 0.1) is 23.7 Å². The van der Waals surface area contributed by atoms with Gasteiger partial charge in [-0.15, -0.1) is 0 Å². The number of ether oxygens (including phenoxy) is 1. The minimum atomic E-state index is 0.0462. The molecule has 94 valence electrons. The Morgan fingerprint density at radius 3 is 3.11 bits per heavy atom. The van der Waals surface area contributed by atoms with E-state index in [9.17, 15) is 4.79 Å². The fourth-order valence-electron chi connectivity index (χ4n) is 2.43. The van der Waals surface area contributed by atoms with E-state index in [0.29, 0.717) is 24.8 Å². The molecule has 1 saturated heterocycles. The number of benzene rings is 1. The van der Waals surface area contributed by atoms with Crippen LogP contribution in [0.4, 0.5) is 0 Å². The van der Waals surface area contributed by atoms with E-state index >= 15 is 0 Å². The van der Waals surface area contributed by atoms with Crippen LogP contribution in [0.2, 0.25) is 5.02 Å². The summed E-state index contributed by atoms with van der Waals surface area (Å²) in [6, 6.07) is 7.76. The van der Waals surface area contributed by atoms with Crippen LogP contribution < -0.4 is 0 Å². The normalized spacial score (nSPS) is 19.5. The van der Waals surface area contributed by atoms with Gasteiger partial charge in [0, 0.05) is 24.1 Å². The molecule has 1 fully saturated rings. The molecule has 0 amide bonds. The van der Waals surface area contributed by atoms with E-state index in [1.165, 1.54) is 0 Å². The Labute approximate surface area is 110 Å². The molecule has 18 heavy (non-hydrogen) atoms. The lowest BCUT2D eigenvalue weighted by Crippen LogP contribution is -2.19. The number of hydrogen-bond donors (Lipinski definition) is 0. The summed E-state index contributed by atoms with van der Waals surface area (Å²) in [5.74, 6) is 0.273. The molecule has 3 nitrogen and oxygen atoms in total. The molecule has 1 unspecified atom stereocenters. The number of nitrogens with zero attached hydrogens (tertiary/aromatic N) is 1. The summed E-state index contributed by atoms with van der Waals surface area (Å²) >= 11 is 6.19. The average molecular weight is 264 g/mol. The van der Waals surface area contributed by atoms with Crippen LogP contribution in [0, 0.1) is 5.92 Å². The van der Waals surface area contributed by atoms with Crippen LogP contribution in [0.5, 0.6) is 0 Å². The number of aromatic nitrogens is 1. The maximum Gasteiger partial charge on any atom is 0.157 e. The summed E-state index contributed by atoms with van der Waals surface area (Å²) < 4.78 is 7.18. The van der Waals surface area contributed by atoms with Crippen molar-refractivity contribution in [3.8, 4) is 0 Å². The van der Waals surface area contributed by atoms with Crippen molar-refractivity contribution in [2.24, 2.45) is 5.92 Å².